The molecular formula is C18H22N2O2. The van der Waals surface area contributed by atoms with Gasteiger partial charge in [-0.3, -0.25) is 4.79 Å². The summed E-state index contributed by atoms with van der Waals surface area (Å²) in [5.74, 6) is 0.528. The van der Waals surface area contributed by atoms with Crippen molar-refractivity contribution < 1.29 is 4.74 Å². The molecule has 0 bridgehead atoms. The van der Waals surface area contributed by atoms with Gasteiger partial charge in [-0.2, -0.15) is 0 Å². The van der Waals surface area contributed by atoms with Crippen LogP contribution in [0.3, 0.4) is 0 Å². The zero-order chi connectivity index (χ0) is 15.1. The number of H-pyrrole nitrogens is 1. The fourth-order valence-corrected chi connectivity index (χ4v) is 3.81. The highest BCUT2D eigenvalue weighted by Crippen LogP contribution is 2.30. The molecule has 4 rings (SSSR count). The van der Waals surface area contributed by atoms with Crippen LogP contribution in [0.1, 0.15) is 35.6 Å². The first-order chi connectivity index (χ1) is 10.7. The van der Waals surface area contributed by atoms with Crippen LogP contribution >= 0.6 is 0 Å². The fourth-order valence-electron chi connectivity index (χ4n) is 3.81. The Bertz CT molecular complexity index is 760. The summed E-state index contributed by atoms with van der Waals surface area (Å²) in [6.45, 7) is 3.54. The van der Waals surface area contributed by atoms with Crippen LogP contribution < -0.4 is 5.56 Å². The van der Waals surface area contributed by atoms with E-state index >= 15 is 0 Å². The van der Waals surface area contributed by atoms with E-state index in [0.29, 0.717) is 5.92 Å². The summed E-state index contributed by atoms with van der Waals surface area (Å²) in [5, 5.41) is 2.00. The van der Waals surface area contributed by atoms with Crippen molar-refractivity contribution in [2.45, 2.75) is 31.7 Å². The Balaban J connectivity index is 1.82. The van der Waals surface area contributed by atoms with Gasteiger partial charge < -0.3 is 14.6 Å². The lowest BCUT2D eigenvalue weighted by molar-refractivity contribution is 0.0853. The Labute approximate surface area is 130 Å². The van der Waals surface area contributed by atoms with Gasteiger partial charge in [-0.1, -0.05) is 12.1 Å². The van der Waals surface area contributed by atoms with Crippen molar-refractivity contribution in [2.24, 2.45) is 0 Å². The molecule has 2 aliphatic heterocycles. The largest absolute Gasteiger partial charge is 0.381 e. The maximum Gasteiger partial charge on any atom is 0.256 e. The van der Waals surface area contributed by atoms with E-state index < -0.39 is 0 Å². The highest BCUT2D eigenvalue weighted by atomic mass is 16.5. The molecule has 1 fully saturated rings. The molecule has 1 aromatic carbocycles. The molecule has 4 heteroatoms. The van der Waals surface area contributed by atoms with Gasteiger partial charge in [0, 0.05) is 37.4 Å². The fraction of sp³-hybridized carbons (Fsp3) is 0.500. The third-order valence-corrected chi connectivity index (χ3v) is 5.11. The molecule has 1 N–H and O–H groups in total. The molecular weight excluding hydrogens is 276 g/mol. The maximum atomic E-state index is 12.5. The topological polar surface area (TPSA) is 45.3 Å². The van der Waals surface area contributed by atoms with E-state index in [4.69, 9.17) is 4.74 Å². The summed E-state index contributed by atoms with van der Waals surface area (Å²) < 4.78 is 5.44. The lowest BCUT2D eigenvalue weighted by Gasteiger charge is -2.26. The minimum atomic E-state index is 0.0537. The highest BCUT2D eigenvalue weighted by molar-refractivity contribution is 5.86. The van der Waals surface area contributed by atoms with Crippen molar-refractivity contribution in [2.75, 3.05) is 26.8 Å². The van der Waals surface area contributed by atoms with Gasteiger partial charge in [-0.05, 0) is 54.8 Å². The summed E-state index contributed by atoms with van der Waals surface area (Å²) >= 11 is 0. The van der Waals surface area contributed by atoms with Gasteiger partial charge in [0.25, 0.3) is 5.56 Å². The average Bonchev–Trinajstić information content (AvgIpc) is 2.55. The maximum absolute atomic E-state index is 12.5. The summed E-state index contributed by atoms with van der Waals surface area (Å²) in [7, 11) is 2.10. The van der Waals surface area contributed by atoms with Gasteiger partial charge in [0.2, 0.25) is 0 Å². The number of benzene rings is 1. The van der Waals surface area contributed by atoms with Crippen LogP contribution in [0.4, 0.5) is 0 Å². The number of nitrogens with zero attached hydrogens (tertiary/aromatic N) is 1. The van der Waals surface area contributed by atoms with Crippen LogP contribution in [-0.2, 0) is 17.7 Å². The van der Waals surface area contributed by atoms with Crippen molar-refractivity contribution in [3.05, 3.63) is 45.4 Å². The molecule has 2 aliphatic rings. The molecule has 22 heavy (non-hydrogen) atoms. The first kappa shape index (κ1) is 14.0. The van der Waals surface area contributed by atoms with Gasteiger partial charge in [-0.15, -0.1) is 0 Å². The van der Waals surface area contributed by atoms with Crippen LogP contribution in [0.5, 0.6) is 0 Å². The summed E-state index contributed by atoms with van der Waals surface area (Å²) in [5.41, 5.74) is 3.75. The van der Waals surface area contributed by atoms with Gasteiger partial charge >= 0.3 is 0 Å². The van der Waals surface area contributed by atoms with Crippen molar-refractivity contribution in [1.82, 2.24) is 9.88 Å². The summed E-state index contributed by atoms with van der Waals surface area (Å²) in [4.78, 5) is 17.9. The second-order valence-electron chi connectivity index (χ2n) is 6.59. The molecule has 1 saturated heterocycles. The summed E-state index contributed by atoms with van der Waals surface area (Å²) in [6.07, 6.45) is 3.12. The number of pyridine rings is 1. The minimum Gasteiger partial charge on any atom is -0.381 e. The van der Waals surface area contributed by atoms with Crippen molar-refractivity contribution in [3.8, 4) is 0 Å². The molecule has 0 unspecified atom stereocenters. The lowest BCUT2D eigenvalue weighted by Crippen LogP contribution is -2.29. The van der Waals surface area contributed by atoms with E-state index in [2.05, 4.69) is 35.1 Å². The van der Waals surface area contributed by atoms with Crippen LogP contribution in [0.25, 0.3) is 10.8 Å². The first-order valence-electron chi connectivity index (χ1n) is 8.16. The number of rotatable bonds is 1. The predicted molar refractivity (Wildman–Crippen MR) is 87.4 cm³/mol. The third kappa shape index (κ3) is 2.36. The van der Waals surface area contributed by atoms with Crippen molar-refractivity contribution >= 4 is 10.8 Å². The number of aromatic nitrogens is 1. The average molecular weight is 298 g/mol. The van der Waals surface area contributed by atoms with Crippen LogP contribution in [0.2, 0.25) is 0 Å². The Hall–Kier alpha value is -1.65. The molecule has 0 radical (unpaired) electrons. The van der Waals surface area contributed by atoms with Gasteiger partial charge in [-0.25, -0.2) is 0 Å². The smallest absolute Gasteiger partial charge is 0.256 e. The number of nitrogens with one attached hydrogen (secondary N) is 1. The van der Waals surface area contributed by atoms with E-state index in [1.807, 2.05) is 0 Å². The highest BCUT2D eigenvalue weighted by Gasteiger charge is 2.20. The molecule has 0 aliphatic carbocycles. The second-order valence-corrected chi connectivity index (χ2v) is 6.59. The lowest BCUT2D eigenvalue weighted by atomic mass is 9.89. The molecule has 0 spiro atoms. The van der Waals surface area contributed by atoms with Gasteiger partial charge in [0.1, 0.15) is 0 Å². The minimum absolute atomic E-state index is 0.0537. The molecule has 1 aromatic heterocycles. The molecule has 0 amide bonds. The van der Waals surface area contributed by atoms with E-state index in [0.717, 1.165) is 62.0 Å². The SMILES string of the molecule is CN1CCc2c([nH]c(=O)c3cc(C4CCOCC4)ccc23)C1. The van der Waals surface area contributed by atoms with E-state index in [-0.39, 0.29) is 5.56 Å². The standard InChI is InChI=1S/C18H22N2O2/c1-20-7-4-15-14-3-2-13(12-5-8-22-9-6-12)10-16(14)18(21)19-17(15)11-20/h2-3,10,12H,4-9,11H2,1H3,(H,19,21). The number of likely N-dealkylation sites (N-methyl/N-ethyl adjacent to an activating group) is 1. The van der Waals surface area contributed by atoms with Crippen molar-refractivity contribution in [1.29, 1.82) is 0 Å². The Morgan fingerprint density at radius 1 is 1.23 bits per heavy atom. The van der Waals surface area contributed by atoms with Gasteiger partial charge in [0.15, 0.2) is 0 Å². The predicted octanol–water partition coefficient (Wildman–Crippen LogP) is 2.41. The molecule has 116 valence electrons. The van der Waals surface area contributed by atoms with E-state index in [1.54, 1.807) is 0 Å². The number of fused-ring (bicyclic) bond motifs is 3. The second kappa shape index (κ2) is 5.52. The zero-order valence-electron chi connectivity index (χ0n) is 13.0. The van der Waals surface area contributed by atoms with Gasteiger partial charge in [0.05, 0.1) is 0 Å². The van der Waals surface area contributed by atoms with Crippen LogP contribution in [-0.4, -0.2) is 36.7 Å². The van der Waals surface area contributed by atoms with Crippen molar-refractivity contribution in [3.63, 3.8) is 0 Å². The third-order valence-electron chi connectivity index (χ3n) is 5.11. The molecule has 0 saturated carbocycles. The quantitative estimate of drug-likeness (QED) is 0.879. The monoisotopic (exact) mass is 298 g/mol. The molecule has 0 atom stereocenters. The molecule has 3 heterocycles. The normalized spacial score (nSPS) is 20.2. The Kier molecular flexibility index (Phi) is 3.51. The molecule has 2 aromatic rings. The Morgan fingerprint density at radius 2 is 2.05 bits per heavy atom. The van der Waals surface area contributed by atoms with Crippen LogP contribution in [0, 0.1) is 0 Å². The zero-order valence-corrected chi connectivity index (χ0v) is 13.0. The van der Waals surface area contributed by atoms with E-state index in [9.17, 15) is 4.79 Å². The Morgan fingerprint density at radius 3 is 2.86 bits per heavy atom. The van der Waals surface area contributed by atoms with E-state index in [1.165, 1.54) is 11.1 Å². The number of ether oxygens (including phenoxy) is 1. The number of hydrogen-bond donors (Lipinski definition) is 1. The molecule has 4 nitrogen and oxygen atoms in total. The number of hydrogen-bond acceptors (Lipinski definition) is 3. The number of aromatic amines is 1. The summed E-state index contributed by atoms with van der Waals surface area (Å²) in [6, 6.07) is 6.50. The first-order valence-corrected chi connectivity index (χ1v) is 8.16. The van der Waals surface area contributed by atoms with Crippen LogP contribution in [0.15, 0.2) is 23.0 Å².